The summed E-state index contributed by atoms with van der Waals surface area (Å²) < 4.78 is 7.05. The van der Waals surface area contributed by atoms with Gasteiger partial charge in [0.1, 0.15) is 23.8 Å². The molecule has 1 saturated heterocycles. The summed E-state index contributed by atoms with van der Waals surface area (Å²) in [5, 5.41) is 52.9. The van der Waals surface area contributed by atoms with Crippen LogP contribution in [0.2, 0.25) is 0 Å². The molecule has 4 rings (SSSR count). The monoisotopic (exact) mass is 581 g/mol. The van der Waals surface area contributed by atoms with Gasteiger partial charge >= 0.3 is 12.1 Å². The number of hydrogen-bond acceptors (Lipinski definition) is 11. The van der Waals surface area contributed by atoms with Gasteiger partial charge in [0, 0.05) is 19.5 Å². The number of rotatable bonds is 11. The molecule has 218 valence electrons. The molecule has 2 aromatic heterocycles. The molecule has 1 aromatic carbocycles. The Labute approximate surface area is 234 Å². The van der Waals surface area contributed by atoms with Crippen molar-refractivity contribution in [3.63, 3.8) is 0 Å². The fourth-order valence-electron chi connectivity index (χ4n) is 4.42. The van der Waals surface area contributed by atoms with E-state index in [1.54, 1.807) is 0 Å². The van der Waals surface area contributed by atoms with Crippen LogP contribution in [0.4, 0.5) is 16.6 Å². The van der Waals surface area contributed by atoms with Crippen molar-refractivity contribution >= 4 is 47.4 Å². The summed E-state index contributed by atoms with van der Waals surface area (Å²) in [6.45, 7) is 1.90. The van der Waals surface area contributed by atoms with E-state index in [1.165, 1.54) is 17.8 Å². The molecule has 3 heterocycles. The van der Waals surface area contributed by atoms with E-state index in [4.69, 9.17) is 15.6 Å². The Balaban J connectivity index is 0.00000441. The predicted octanol–water partition coefficient (Wildman–Crippen LogP) is 0.440. The lowest BCUT2D eigenvalue weighted by atomic mass is 10.1. The van der Waals surface area contributed by atoms with E-state index in [2.05, 4.69) is 20.3 Å². The molecule has 0 spiro atoms. The minimum Gasteiger partial charge on any atom is -0.481 e. The summed E-state index contributed by atoms with van der Waals surface area (Å²) >= 11 is 0. The number of aliphatic carboxylic acids is 1. The normalized spacial score (nSPS) is 21.1. The maximum absolute atomic E-state index is 11.4. The average molecular weight is 582 g/mol. The number of aliphatic hydroxyl groups is 3. The number of nitrogens with two attached hydrogens (primary N) is 1. The van der Waals surface area contributed by atoms with E-state index in [1.807, 2.05) is 24.3 Å². The second-order valence-electron chi connectivity index (χ2n) is 9.10. The second-order valence-corrected chi connectivity index (χ2v) is 9.10. The first-order chi connectivity index (χ1) is 18.6. The van der Waals surface area contributed by atoms with E-state index < -0.39 is 42.8 Å². The Bertz CT molecular complexity index is 1320. The van der Waals surface area contributed by atoms with Gasteiger partial charge in [0.05, 0.1) is 6.33 Å². The van der Waals surface area contributed by atoms with Crippen LogP contribution in [0.5, 0.6) is 0 Å². The van der Waals surface area contributed by atoms with Crippen molar-refractivity contribution in [2.75, 3.05) is 24.1 Å². The van der Waals surface area contributed by atoms with Crippen LogP contribution < -0.4 is 11.1 Å². The molecule has 0 radical (unpaired) electrons. The molecule has 1 aliphatic rings. The third-order valence-corrected chi connectivity index (χ3v) is 6.54. The minimum atomic E-state index is -1.72. The van der Waals surface area contributed by atoms with Crippen LogP contribution in [0.3, 0.4) is 0 Å². The van der Waals surface area contributed by atoms with Crippen LogP contribution in [0.1, 0.15) is 30.7 Å². The standard InChI is InChI=1S/C24H31N7O8.ClH/c1-2-30(24(37)38)21(36)18-16(34)17(35)22(39-18)31-11-27-15-19(25)28-23(29-20(15)31)26-10-9-13-5-3-12(4-6-13)7-8-14(32)33;/h3-6,11,16-18,21-22,34-36H,2,7-10H2,1H3,(H,32,33)(H,37,38)(H3,25,26,28,29);1H/t16-,17+,18-,21?,22+;/m0./s1. The van der Waals surface area contributed by atoms with Crippen LogP contribution >= 0.6 is 12.4 Å². The van der Waals surface area contributed by atoms with Gasteiger partial charge in [-0.3, -0.25) is 14.3 Å². The molecule has 5 atom stereocenters. The molecular formula is C24H32ClN7O8. The van der Waals surface area contributed by atoms with Gasteiger partial charge in [0.2, 0.25) is 5.95 Å². The zero-order chi connectivity index (χ0) is 28.3. The molecule has 15 nitrogen and oxygen atoms in total. The Morgan fingerprint density at radius 3 is 2.38 bits per heavy atom. The van der Waals surface area contributed by atoms with Crippen LogP contribution in [-0.2, 0) is 22.4 Å². The van der Waals surface area contributed by atoms with E-state index in [9.17, 15) is 30.0 Å². The minimum absolute atomic E-state index is 0. The van der Waals surface area contributed by atoms with Crippen molar-refractivity contribution in [2.45, 2.75) is 57.0 Å². The highest BCUT2D eigenvalue weighted by Gasteiger charge is 2.49. The number of carbonyl (C=O) groups is 2. The van der Waals surface area contributed by atoms with Gasteiger partial charge in [-0.05, 0) is 30.9 Å². The molecular weight excluding hydrogens is 550 g/mol. The second kappa shape index (κ2) is 13.1. The topological polar surface area (TPSA) is 229 Å². The molecule has 1 unspecified atom stereocenters. The maximum Gasteiger partial charge on any atom is 0.409 e. The van der Waals surface area contributed by atoms with E-state index in [0.29, 0.717) is 24.3 Å². The molecule has 1 amide bonds. The number of carboxylic acid groups (broad SMARTS) is 2. The average Bonchev–Trinajstić information content (AvgIpc) is 3.44. The van der Waals surface area contributed by atoms with Crippen molar-refractivity contribution in [1.82, 2.24) is 24.4 Å². The fraction of sp³-hybridized carbons (Fsp3) is 0.458. The van der Waals surface area contributed by atoms with Gasteiger partial charge in [-0.25, -0.2) is 9.78 Å². The zero-order valence-electron chi connectivity index (χ0n) is 21.5. The number of imidazole rings is 1. The summed E-state index contributed by atoms with van der Waals surface area (Å²) in [5.74, 6) is -0.589. The first-order valence-electron chi connectivity index (χ1n) is 12.3. The lowest BCUT2D eigenvalue weighted by Crippen LogP contribution is -2.50. The lowest BCUT2D eigenvalue weighted by Gasteiger charge is -2.29. The Hall–Kier alpha value is -3.76. The number of aliphatic hydroxyl groups excluding tert-OH is 3. The molecule has 8 N–H and O–H groups in total. The molecule has 1 fully saturated rings. The Morgan fingerprint density at radius 2 is 1.77 bits per heavy atom. The van der Waals surface area contributed by atoms with E-state index >= 15 is 0 Å². The fourth-order valence-corrected chi connectivity index (χ4v) is 4.42. The molecule has 0 saturated carbocycles. The van der Waals surface area contributed by atoms with Crippen molar-refractivity contribution in [3.8, 4) is 0 Å². The number of ether oxygens (including phenoxy) is 1. The van der Waals surface area contributed by atoms with Crippen LogP contribution in [-0.4, -0.2) is 99.6 Å². The van der Waals surface area contributed by atoms with Crippen molar-refractivity contribution in [1.29, 1.82) is 0 Å². The Kier molecular flexibility index (Phi) is 10.1. The predicted molar refractivity (Wildman–Crippen MR) is 144 cm³/mol. The van der Waals surface area contributed by atoms with Crippen LogP contribution in [0.15, 0.2) is 30.6 Å². The van der Waals surface area contributed by atoms with E-state index in [0.717, 1.165) is 11.1 Å². The zero-order valence-corrected chi connectivity index (χ0v) is 22.3. The highest BCUT2D eigenvalue weighted by molar-refractivity contribution is 5.85. The quantitative estimate of drug-likeness (QED) is 0.153. The number of halogens is 1. The smallest absolute Gasteiger partial charge is 0.409 e. The number of aryl methyl sites for hydroxylation is 1. The molecule has 0 aliphatic carbocycles. The van der Waals surface area contributed by atoms with E-state index in [-0.39, 0.29) is 48.3 Å². The maximum atomic E-state index is 11.4. The summed E-state index contributed by atoms with van der Waals surface area (Å²) in [7, 11) is 0. The third kappa shape index (κ3) is 6.51. The van der Waals surface area contributed by atoms with Gasteiger partial charge in [-0.2, -0.15) is 9.97 Å². The number of fused-ring (bicyclic) bond motifs is 1. The highest BCUT2D eigenvalue weighted by atomic mass is 35.5. The summed E-state index contributed by atoms with van der Waals surface area (Å²) in [4.78, 5) is 35.7. The number of nitrogens with zero attached hydrogens (tertiary/aromatic N) is 5. The SMILES string of the molecule is CCN(C(=O)O)C(O)[C@H]1O[C@@H](n2cnc3c(N)nc(NCCc4ccc(CCC(=O)O)cc4)nc32)[C@H](O)[C@@H]1O.Cl. The number of hydrogen-bond donors (Lipinski definition) is 7. The van der Waals surface area contributed by atoms with Crippen LogP contribution in [0.25, 0.3) is 11.2 Å². The third-order valence-electron chi connectivity index (χ3n) is 6.54. The summed E-state index contributed by atoms with van der Waals surface area (Å²) in [6, 6.07) is 7.62. The number of nitrogens with one attached hydrogen (secondary N) is 1. The molecule has 1 aliphatic heterocycles. The molecule has 0 bridgehead atoms. The largest absolute Gasteiger partial charge is 0.481 e. The lowest BCUT2D eigenvalue weighted by molar-refractivity contribution is -0.137. The summed E-state index contributed by atoms with van der Waals surface area (Å²) in [5.41, 5.74) is 8.45. The number of nitrogen functional groups attached to an aromatic ring is 1. The van der Waals surface area contributed by atoms with Gasteiger partial charge in [0.25, 0.3) is 0 Å². The molecule has 40 heavy (non-hydrogen) atoms. The molecule has 16 heteroatoms. The number of anilines is 2. The number of amides is 1. The highest BCUT2D eigenvalue weighted by Crippen LogP contribution is 2.34. The van der Waals surface area contributed by atoms with Crippen molar-refractivity contribution in [3.05, 3.63) is 41.7 Å². The number of benzene rings is 1. The van der Waals surface area contributed by atoms with Gasteiger partial charge in [0.15, 0.2) is 23.9 Å². The van der Waals surface area contributed by atoms with Crippen molar-refractivity contribution < 1.29 is 39.9 Å². The molecule has 3 aromatic rings. The van der Waals surface area contributed by atoms with Gasteiger partial charge in [-0.15, -0.1) is 12.4 Å². The Morgan fingerprint density at radius 1 is 1.12 bits per heavy atom. The van der Waals surface area contributed by atoms with Gasteiger partial charge < -0.3 is 41.3 Å². The van der Waals surface area contributed by atoms with Crippen LogP contribution in [0, 0.1) is 0 Å². The van der Waals surface area contributed by atoms with Crippen molar-refractivity contribution in [2.24, 2.45) is 0 Å². The number of carboxylic acids is 1. The first kappa shape index (κ1) is 30.8. The number of likely N-dealkylation sites (N-methyl/N-ethyl adjacent to an activating group) is 1. The van der Waals surface area contributed by atoms with Gasteiger partial charge in [-0.1, -0.05) is 24.3 Å². The first-order valence-corrected chi connectivity index (χ1v) is 12.3. The number of aromatic nitrogens is 4. The summed E-state index contributed by atoms with van der Waals surface area (Å²) in [6.07, 6.45) is -6.46.